The Bertz CT molecular complexity index is 661. The third-order valence-corrected chi connectivity index (χ3v) is 5.01. The fourth-order valence-electron chi connectivity index (χ4n) is 3.66. The first-order chi connectivity index (χ1) is 11.7. The monoisotopic (exact) mass is 327 g/mol. The SMILES string of the molecule is COc1ccc(NC(=O)C2(N3C=NC=CC3)CCCCC2)cc1C. The van der Waals surface area contributed by atoms with E-state index in [0.29, 0.717) is 0 Å². The molecule has 1 aliphatic heterocycles. The number of hydrogen-bond donors (Lipinski definition) is 1. The Balaban J connectivity index is 1.82. The van der Waals surface area contributed by atoms with Crippen LogP contribution in [-0.4, -0.2) is 36.3 Å². The Morgan fingerprint density at radius 3 is 2.71 bits per heavy atom. The molecule has 0 aromatic heterocycles. The molecule has 1 saturated carbocycles. The van der Waals surface area contributed by atoms with Crippen LogP contribution in [0.25, 0.3) is 0 Å². The van der Waals surface area contributed by atoms with Crippen molar-refractivity contribution in [1.82, 2.24) is 4.90 Å². The van der Waals surface area contributed by atoms with E-state index in [0.717, 1.165) is 49.2 Å². The fourth-order valence-corrected chi connectivity index (χ4v) is 3.66. The van der Waals surface area contributed by atoms with E-state index < -0.39 is 5.54 Å². The molecule has 1 N–H and O–H groups in total. The van der Waals surface area contributed by atoms with Crippen LogP contribution in [0.5, 0.6) is 5.75 Å². The van der Waals surface area contributed by atoms with Gasteiger partial charge in [0.25, 0.3) is 0 Å². The van der Waals surface area contributed by atoms with Crippen LogP contribution in [0.4, 0.5) is 5.69 Å². The summed E-state index contributed by atoms with van der Waals surface area (Å²) in [7, 11) is 1.65. The van der Waals surface area contributed by atoms with Gasteiger partial charge in [-0.05, 0) is 49.6 Å². The minimum absolute atomic E-state index is 0.0634. The molecule has 1 aromatic rings. The molecular formula is C19H25N3O2. The highest BCUT2D eigenvalue weighted by Crippen LogP contribution is 2.35. The minimum Gasteiger partial charge on any atom is -0.496 e. The largest absolute Gasteiger partial charge is 0.496 e. The molecule has 1 fully saturated rings. The number of methoxy groups -OCH3 is 1. The maximum Gasteiger partial charge on any atom is 0.250 e. The minimum atomic E-state index is -0.500. The summed E-state index contributed by atoms with van der Waals surface area (Å²) in [6, 6.07) is 5.74. The van der Waals surface area contributed by atoms with Crippen molar-refractivity contribution in [1.29, 1.82) is 0 Å². The molecule has 0 atom stereocenters. The number of benzene rings is 1. The summed E-state index contributed by atoms with van der Waals surface area (Å²) in [6.07, 6.45) is 10.7. The highest BCUT2D eigenvalue weighted by atomic mass is 16.5. The lowest BCUT2D eigenvalue weighted by Crippen LogP contribution is -2.57. The van der Waals surface area contributed by atoms with Gasteiger partial charge in [0.05, 0.1) is 13.4 Å². The fraction of sp³-hybridized carbons (Fsp3) is 0.474. The van der Waals surface area contributed by atoms with Crippen LogP contribution in [0, 0.1) is 6.92 Å². The number of amides is 1. The van der Waals surface area contributed by atoms with Gasteiger partial charge >= 0.3 is 0 Å². The van der Waals surface area contributed by atoms with Crippen LogP contribution in [0.2, 0.25) is 0 Å². The Hall–Kier alpha value is -2.30. The second-order valence-electron chi connectivity index (χ2n) is 6.53. The number of aryl methyl sites for hydroxylation is 1. The second-order valence-corrected chi connectivity index (χ2v) is 6.53. The topological polar surface area (TPSA) is 53.9 Å². The van der Waals surface area contributed by atoms with E-state index in [4.69, 9.17) is 4.74 Å². The molecule has 0 radical (unpaired) electrons. The van der Waals surface area contributed by atoms with E-state index in [1.54, 1.807) is 13.3 Å². The zero-order chi connectivity index (χ0) is 17.0. The number of ether oxygens (including phenoxy) is 1. The van der Waals surface area contributed by atoms with Gasteiger partial charge in [-0.25, -0.2) is 4.99 Å². The van der Waals surface area contributed by atoms with Crippen molar-refractivity contribution in [3.63, 3.8) is 0 Å². The summed E-state index contributed by atoms with van der Waals surface area (Å²) in [6.45, 7) is 2.71. The zero-order valence-electron chi connectivity index (χ0n) is 14.4. The summed E-state index contributed by atoms with van der Waals surface area (Å²) in [5.74, 6) is 0.891. The number of hydrogen-bond acceptors (Lipinski definition) is 4. The third-order valence-electron chi connectivity index (χ3n) is 5.01. The number of carbonyl (C=O) groups is 1. The van der Waals surface area contributed by atoms with Crippen molar-refractivity contribution < 1.29 is 9.53 Å². The Morgan fingerprint density at radius 1 is 1.29 bits per heavy atom. The first kappa shape index (κ1) is 16.6. The first-order valence-electron chi connectivity index (χ1n) is 8.57. The molecule has 24 heavy (non-hydrogen) atoms. The van der Waals surface area contributed by atoms with E-state index in [1.807, 2.05) is 37.5 Å². The van der Waals surface area contributed by atoms with Gasteiger partial charge in [0.2, 0.25) is 5.91 Å². The predicted octanol–water partition coefficient (Wildman–Crippen LogP) is 3.50. The molecule has 0 bridgehead atoms. The second kappa shape index (κ2) is 7.07. The number of aliphatic imine (C=N–C) groups is 1. The third kappa shape index (κ3) is 3.16. The lowest BCUT2D eigenvalue weighted by atomic mass is 9.79. The van der Waals surface area contributed by atoms with E-state index in [2.05, 4.69) is 15.2 Å². The molecule has 5 nitrogen and oxygen atoms in total. The van der Waals surface area contributed by atoms with Gasteiger partial charge in [0, 0.05) is 18.4 Å². The summed E-state index contributed by atoms with van der Waals surface area (Å²) in [5.41, 5.74) is 1.32. The molecule has 1 aromatic carbocycles. The molecular weight excluding hydrogens is 302 g/mol. The highest BCUT2D eigenvalue weighted by molar-refractivity contribution is 5.99. The van der Waals surface area contributed by atoms with E-state index >= 15 is 0 Å². The maximum atomic E-state index is 13.2. The van der Waals surface area contributed by atoms with Gasteiger partial charge in [-0.15, -0.1) is 0 Å². The van der Waals surface area contributed by atoms with Gasteiger partial charge in [-0.1, -0.05) is 19.3 Å². The van der Waals surface area contributed by atoms with Crippen molar-refractivity contribution in [3.8, 4) is 5.75 Å². The van der Waals surface area contributed by atoms with Crippen LogP contribution in [0.3, 0.4) is 0 Å². The smallest absolute Gasteiger partial charge is 0.250 e. The highest BCUT2D eigenvalue weighted by Gasteiger charge is 2.43. The van der Waals surface area contributed by atoms with Crippen LogP contribution >= 0.6 is 0 Å². The first-order valence-corrected chi connectivity index (χ1v) is 8.57. The van der Waals surface area contributed by atoms with Crippen LogP contribution < -0.4 is 10.1 Å². The number of nitrogens with one attached hydrogen (secondary N) is 1. The molecule has 5 heteroatoms. The van der Waals surface area contributed by atoms with Crippen molar-refractivity contribution in [2.24, 2.45) is 4.99 Å². The molecule has 0 spiro atoms. The maximum absolute atomic E-state index is 13.2. The summed E-state index contributed by atoms with van der Waals surface area (Å²) in [5, 5.41) is 3.12. The van der Waals surface area contributed by atoms with Gasteiger partial charge in [0.15, 0.2) is 0 Å². The van der Waals surface area contributed by atoms with Gasteiger partial charge < -0.3 is 15.0 Å². The van der Waals surface area contributed by atoms with E-state index in [1.165, 1.54) is 6.42 Å². The lowest BCUT2D eigenvalue weighted by molar-refractivity contribution is -0.127. The van der Waals surface area contributed by atoms with Crippen molar-refractivity contribution in [2.75, 3.05) is 19.0 Å². The quantitative estimate of drug-likeness (QED) is 0.921. The molecule has 0 unspecified atom stereocenters. The van der Waals surface area contributed by atoms with Gasteiger partial charge in [-0.2, -0.15) is 0 Å². The average molecular weight is 327 g/mol. The predicted molar refractivity (Wildman–Crippen MR) is 96.5 cm³/mol. The molecule has 128 valence electrons. The van der Waals surface area contributed by atoms with Crippen LogP contribution in [0.15, 0.2) is 35.5 Å². The Morgan fingerprint density at radius 2 is 2.08 bits per heavy atom. The average Bonchev–Trinajstić information content (AvgIpc) is 2.63. The molecule has 1 heterocycles. The summed E-state index contributed by atoms with van der Waals surface area (Å²) >= 11 is 0. The number of carbonyl (C=O) groups excluding carboxylic acids is 1. The normalized spacial score (nSPS) is 19.2. The molecule has 3 rings (SSSR count). The zero-order valence-corrected chi connectivity index (χ0v) is 14.4. The number of rotatable bonds is 4. The molecule has 1 aliphatic carbocycles. The van der Waals surface area contributed by atoms with Gasteiger partial charge in [-0.3, -0.25) is 4.79 Å². The summed E-state index contributed by atoms with van der Waals surface area (Å²) in [4.78, 5) is 19.5. The number of nitrogens with zero attached hydrogens (tertiary/aromatic N) is 2. The Kier molecular flexibility index (Phi) is 4.88. The summed E-state index contributed by atoms with van der Waals surface area (Å²) < 4.78 is 5.29. The van der Waals surface area contributed by atoms with Crippen molar-refractivity contribution in [3.05, 3.63) is 36.0 Å². The molecule has 1 amide bonds. The van der Waals surface area contributed by atoms with Crippen molar-refractivity contribution in [2.45, 2.75) is 44.6 Å². The standard InChI is InChI=1S/C19H25N3O2/c1-15-13-16(7-8-17(15)24-2)21-18(23)19(9-4-3-5-10-19)22-12-6-11-20-14-22/h6-8,11,13-14H,3-5,9-10,12H2,1-2H3,(H,21,23). The van der Waals surface area contributed by atoms with E-state index in [-0.39, 0.29) is 5.91 Å². The molecule has 0 saturated heterocycles. The van der Waals surface area contributed by atoms with Crippen LogP contribution in [-0.2, 0) is 4.79 Å². The Labute approximate surface area is 143 Å². The van der Waals surface area contributed by atoms with Crippen LogP contribution in [0.1, 0.15) is 37.7 Å². The molecule has 2 aliphatic rings. The lowest BCUT2D eigenvalue weighted by Gasteiger charge is -2.44. The van der Waals surface area contributed by atoms with E-state index in [9.17, 15) is 4.79 Å². The van der Waals surface area contributed by atoms with Crippen molar-refractivity contribution >= 4 is 17.9 Å². The number of anilines is 1. The van der Waals surface area contributed by atoms with Gasteiger partial charge in [0.1, 0.15) is 11.3 Å².